The van der Waals surface area contributed by atoms with E-state index in [9.17, 15) is 0 Å². The summed E-state index contributed by atoms with van der Waals surface area (Å²) in [6, 6.07) is 11.8. The third-order valence-corrected chi connectivity index (χ3v) is 4.72. The van der Waals surface area contributed by atoms with Crippen molar-refractivity contribution in [2.24, 2.45) is 11.8 Å². The molecule has 1 fully saturated rings. The van der Waals surface area contributed by atoms with E-state index < -0.39 is 0 Å². The molecule has 3 unspecified atom stereocenters. The Kier molecular flexibility index (Phi) is 5.45. The maximum Gasteiger partial charge on any atom is 0.0129 e. The predicted octanol–water partition coefficient (Wildman–Crippen LogP) is 4.59. The Balaban J connectivity index is 2.00. The molecule has 1 aliphatic rings. The third kappa shape index (κ3) is 3.60. The molecule has 1 saturated carbocycles. The summed E-state index contributed by atoms with van der Waals surface area (Å²) in [5.74, 6) is 2.50. The first kappa shape index (κ1) is 14.6. The number of benzene rings is 1. The standard InChI is InChI=1S/C18H29N/c1-4-12-19-18(14(5-2)6-3)17-13-16(17)15-10-8-7-9-11-15/h7-11,14,16-19H,4-6,12-13H2,1-3H3. The van der Waals surface area contributed by atoms with Crippen LogP contribution in [0, 0.1) is 11.8 Å². The molecule has 1 aromatic carbocycles. The minimum absolute atomic E-state index is 0.722. The van der Waals surface area contributed by atoms with Crippen LogP contribution >= 0.6 is 0 Å². The second-order valence-electron chi connectivity index (χ2n) is 5.97. The van der Waals surface area contributed by atoms with Crippen LogP contribution in [0.1, 0.15) is 57.9 Å². The molecule has 0 aromatic heterocycles. The first-order chi connectivity index (χ1) is 9.31. The van der Waals surface area contributed by atoms with Crippen molar-refractivity contribution in [1.29, 1.82) is 0 Å². The average Bonchev–Trinajstić information content (AvgIpc) is 3.24. The highest BCUT2D eigenvalue weighted by molar-refractivity contribution is 5.26. The van der Waals surface area contributed by atoms with Gasteiger partial charge < -0.3 is 5.32 Å². The Morgan fingerprint density at radius 2 is 1.79 bits per heavy atom. The highest BCUT2D eigenvalue weighted by atomic mass is 14.9. The molecule has 1 aromatic rings. The van der Waals surface area contributed by atoms with Crippen LogP contribution in [0.15, 0.2) is 30.3 Å². The molecule has 1 heteroatoms. The maximum atomic E-state index is 3.83. The van der Waals surface area contributed by atoms with E-state index in [0.717, 1.165) is 23.8 Å². The van der Waals surface area contributed by atoms with Crippen molar-refractivity contribution in [1.82, 2.24) is 5.32 Å². The molecule has 0 aliphatic heterocycles. The van der Waals surface area contributed by atoms with Gasteiger partial charge in [-0.3, -0.25) is 0 Å². The Morgan fingerprint density at radius 1 is 1.11 bits per heavy atom. The molecule has 0 heterocycles. The Morgan fingerprint density at radius 3 is 2.37 bits per heavy atom. The van der Waals surface area contributed by atoms with Crippen molar-refractivity contribution in [2.45, 2.75) is 58.4 Å². The molecule has 2 rings (SSSR count). The quantitative estimate of drug-likeness (QED) is 0.719. The fourth-order valence-electron chi connectivity index (χ4n) is 3.47. The van der Waals surface area contributed by atoms with Gasteiger partial charge in [-0.25, -0.2) is 0 Å². The summed E-state index contributed by atoms with van der Waals surface area (Å²) in [6.07, 6.45) is 5.22. The van der Waals surface area contributed by atoms with Gasteiger partial charge >= 0.3 is 0 Å². The van der Waals surface area contributed by atoms with Crippen molar-refractivity contribution in [3.05, 3.63) is 35.9 Å². The van der Waals surface area contributed by atoms with Gasteiger partial charge in [-0.05, 0) is 42.7 Å². The summed E-state index contributed by atoms with van der Waals surface area (Å²) in [7, 11) is 0. The largest absolute Gasteiger partial charge is 0.313 e. The molecule has 1 N–H and O–H groups in total. The summed E-state index contributed by atoms with van der Waals surface area (Å²) in [4.78, 5) is 0. The Hall–Kier alpha value is -0.820. The van der Waals surface area contributed by atoms with Crippen LogP contribution in [0.2, 0.25) is 0 Å². The normalized spacial score (nSPS) is 23.6. The first-order valence-corrected chi connectivity index (χ1v) is 8.10. The summed E-state index contributed by atoms with van der Waals surface area (Å²) >= 11 is 0. The van der Waals surface area contributed by atoms with Crippen LogP contribution in [-0.4, -0.2) is 12.6 Å². The van der Waals surface area contributed by atoms with Gasteiger partial charge in [0.1, 0.15) is 0 Å². The fourth-order valence-corrected chi connectivity index (χ4v) is 3.47. The molecule has 1 aliphatic carbocycles. The number of nitrogens with one attached hydrogen (secondary N) is 1. The van der Waals surface area contributed by atoms with E-state index in [1.807, 2.05) is 0 Å². The number of hydrogen-bond acceptors (Lipinski definition) is 1. The van der Waals surface area contributed by atoms with Gasteiger partial charge in [0.05, 0.1) is 0 Å². The van der Waals surface area contributed by atoms with Gasteiger partial charge in [-0.2, -0.15) is 0 Å². The van der Waals surface area contributed by atoms with Gasteiger partial charge in [0.2, 0.25) is 0 Å². The van der Waals surface area contributed by atoms with E-state index in [0.29, 0.717) is 0 Å². The maximum absolute atomic E-state index is 3.83. The van der Waals surface area contributed by atoms with Crippen molar-refractivity contribution < 1.29 is 0 Å². The van der Waals surface area contributed by atoms with Gasteiger partial charge in [0.25, 0.3) is 0 Å². The lowest BCUT2D eigenvalue weighted by molar-refractivity contribution is 0.300. The molecule has 3 atom stereocenters. The van der Waals surface area contributed by atoms with Gasteiger partial charge in [-0.15, -0.1) is 0 Å². The molecule has 0 spiro atoms. The molecule has 0 saturated heterocycles. The van der Waals surface area contributed by atoms with E-state index in [1.165, 1.54) is 32.2 Å². The van der Waals surface area contributed by atoms with Crippen molar-refractivity contribution >= 4 is 0 Å². The van der Waals surface area contributed by atoms with Crippen molar-refractivity contribution in [2.75, 3.05) is 6.54 Å². The van der Waals surface area contributed by atoms with E-state index in [-0.39, 0.29) is 0 Å². The molecule has 0 bridgehead atoms. The van der Waals surface area contributed by atoms with Crippen LogP contribution in [0.25, 0.3) is 0 Å². The second-order valence-corrected chi connectivity index (χ2v) is 5.97. The van der Waals surface area contributed by atoms with Crippen LogP contribution in [0.3, 0.4) is 0 Å². The highest BCUT2D eigenvalue weighted by Crippen LogP contribution is 2.51. The predicted molar refractivity (Wildman–Crippen MR) is 83.4 cm³/mol. The Bertz CT molecular complexity index is 355. The van der Waals surface area contributed by atoms with E-state index in [2.05, 4.69) is 56.4 Å². The van der Waals surface area contributed by atoms with Crippen LogP contribution in [0.4, 0.5) is 0 Å². The zero-order valence-electron chi connectivity index (χ0n) is 12.7. The summed E-state index contributed by atoms with van der Waals surface area (Å²) in [5.41, 5.74) is 1.54. The average molecular weight is 259 g/mol. The van der Waals surface area contributed by atoms with Crippen molar-refractivity contribution in [3.63, 3.8) is 0 Å². The van der Waals surface area contributed by atoms with Gasteiger partial charge in [-0.1, -0.05) is 63.9 Å². The van der Waals surface area contributed by atoms with Gasteiger partial charge in [0, 0.05) is 6.04 Å². The zero-order chi connectivity index (χ0) is 13.7. The topological polar surface area (TPSA) is 12.0 Å². The molecule has 1 nitrogen and oxygen atoms in total. The van der Waals surface area contributed by atoms with Crippen LogP contribution in [0.5, 0.6) is 0 Å². The lowest BCUT2D eigenvalue weighted by Crippen LogP contribution is -2.38. The van der Waals surface area contributed by atoms with Crippen LogP contribution in [-0.2, 0) is 0 Å². The molecule has 0 amide bonds. The molecule has 19 heavy (non-hydrogen) atoms. The minimum atomic E-state index is 0.722. The smallest absolute Gasteiger partial charge is 0.0129 e. The minimum Gasteiger partial charge on any atom is -0.313 e. The first-order valence-electron chi connectivity index (χ1n) is 8.10. The molecule has 106 valence electrons. The Labute approximate surface area is 118 Å². The monoisotopic (exact) mass is 259 g/mol. The van der Waals surface area contributed by atoms with Gasteiger partial charge in [0.15, 0.2) is 0 Å². The third-order valence-electron chi connectivity index (χ3n) is 4.72. The number of rotatable bonds is 8. The molecular formula is C18H29N. The summed E-state index contributed by atoms with van der Waals surface area (Å²) in [5, 5.41) is 3.83. The van der Waals surface area contributed by atoms with E-state index >= 15 is 0 Å². The zero-order valence-corrected chi connectivity index (χ0v) is 12.7. The lowest BCUT2D eigenvalue weighted by atomic mass is 9.89. The van der Waals surface area contributed by atoms with E-state index in [1.54, 1.807) is 5.56 Å². The van der Waals surface area contributed by atoms with Crippen molar-refractivity contribution in [3.8, 4) is 0 Å². The number of hydrogen-bond donors (Lipinski definition) is 1. The SMILES string of the molecule is CCCNC(C(CC)CC)C1CC1c1ccccc1. The molecule has 0 radical (unpaired) electrons. The summed E-state index contributed by atoms with van der Waals surface area (Å²) < 4.78 is 0. The highest BCUT2D eigenvalue weighted by Gasteiger charge is 2.45. The second kappa shape index (κ2) is 7.09. The summed E-state index contributed by atoms with van der Waals surface area (Å²) in [6.45, 7) is 8.11. The molecular weight excluding hydrogens is 230 g/mol. The van der Waals surface area contributed by atoms with Crippen LogP contribution < -0.4 is 5.32 Å². The lowest BCUT2D eigenvalue weighted by Gasteiger charge is -2.27. The van der Waals surface area contributed by atoms with E-state index in [4.69, 9.17) is 0 Å². The fraction of sp³-hybridized carbons (Fsp3) is 0.667.